The largest absolute Gasteiger partial charge is 0.482 e. The first-order valence-corrected chi connectivity index (χ1v) is 12.1. The number of carboxylic acid groups (broad SMARTS) is 1. The van der Waals surface area contributed by atoms with E-state index in [1.807, 2.05) is 71.6 Å². The maximum atomic E-state index is 14.1. The van der Waals surface area contributed by atoms with Crippen LogP contribution in [0, 0.1) is 0 Å². The molecule has 0 spiro atoms. The minimum atomic E-state index is -1.15. The van der Waals surface area contributed by atoms with Gasteiger partial charge in [0, 0.05) is 25.7 Å². The summed E-state index contributed by atoms with van der Waals surface area (Å²) in [7, 11) is 0. The van der Waals surface area contributed by atoms with Crippen molar-refractivity contribution in [2.75, 3.05) is 26.2 Å². The molecule has 0 bridgehead atoms. The molecule has 7 heteroatoms. The van der Waals surface area contributed by atoms with Gasteiger partial charge in [0.1, 0.15) is 17.5 Å². The van der Waals surface area contributed by atoms with Gasteiger partial charge in [-0.3, -0.25) is 15.0 Å². The van der Waals surface area contributed by atoms with Crippen molar-refractivity contribution in [3.8, 4) is 5.75 Å². The predicted octanol–water partition coefficient (Wildman–Crippen LogP) is 4.36. The second-order valence-corrected chi connectivity index (χ2v) is 9.14. The van der Waals surface area contributed by atoms with Gasteiger partial charge < -0.3 is 9.84 Å². The Labute approximate surface area is 210 Å². The van der Waals surface area contributed by atoms with Crippen molar-refractivity contribution in [1.29, 1.82) is 0 Å². The smallest absolute Gasteiger partial charge is 0.341 e. The molecule has 36 heavy (non-hydrogen) atoms. The molecule has 1 aliphatic rings. The number of hydrogen-bond donors (Lipinski definition) is 2. The van der Waals surface area contributed by atoms with Gasteiger partial charge in [0.15, 0.2) is 12.4 Å². The van der Waals surface area contributed by atoms with E-state index in [1.54, 1.807) is 25.1 Å². The van der Waals surface area contributed by atoms with Gasteiger partial charge in [0.05, 0.1) is 0 Å². The van der Waals surface area contributed by atoms with Gasteiger partial charge in [0.25, 0.3) is 0 Å². The number of likely N-dealkylation sites (tertiary alicyclic amines) is 1. The zero-order chi connectivity index (χ0) is 25.5. The van der Waals surface area contributed by atoms with Crippen LogP contribution in [-0.4, -0.2) is 54.2 Å². The summed E-state index contributed by atoms with van der Waals surface area (Å²) in [6, 6.07) is 26.0. The van der Waals surface area contributed by atoms with Crippen LogP contribution in [-0.2, 0) is 15.1 Å². The molecular weight excluding hydrogens is 459 g/mol. The molecule has 6 nitrogen and oxygen atoms in total. The van der Waals surface area contributed by atoms with Crippen molar-refractivity contribution < 1.29 is 23.8 Å². The number of carbonyl (C=O) groups is 2. The number of nitrogens with zero attached hydrogens (tertiary/aromatic N) is 1. The number of Topliss-reactive ketones (excluding diaryl/α,β-unsaturated/α-hetero) is 1. The molecule has 1 heterocycles. The number of aliphatic carboxylic acids is 1. The first kappa shape index (κ1) is 25.5. The van der Waals surface area contributed by atoms with Crippen molar-refractivity contribution in [2.45, 2.75) is 31.1 Å². The van der Waals surface area contributed by atoms with E-state index in [0.29, 0.717) is 31.8 Å². The third-order valence-corrected chi connectivity index (χ3v) is 6.61. The number of ether oxygens (including phenoxy) is 1. The van der Waals surface area contributed by atoms with Crippen LogP contribution in [0.5, 0.6) is 5.75 Å². The first-order valence-electron chi connectivity index (χ1n) is 12.1. The number of nitrogens with one attached hydrogen (secondary N) is 1. The lowest BCUT2D eigenvalue weighted by Crippen LogP contribution is -2.52. The van der Waals surface area contributed by atoms with Crippen molar-refractivity contribution >= 4 is 11.8 Å². The van der Waals surface area contributed by atoms with E-state index in [-0.39, 0.29) is 11.8 Å². The van der Waals surface area contributed by atoms with Gasteiger partial charge in [-0.1, -0.05) is 72.8 Å². The molecule has 3 aromatic carbocycles. The molecule has 0 aromatic heterocycles. The summed E-state index contributed by atoms with van der Waals surface area (Å²) in [5.41, 5.74) is 1.27. The molecule has 3 aromatic rings. The number of carboxylic acids is 1. The Morgan fingerprint density at radius 3 is 2.22 bits per heavy atom. The van der Waals surface area contributed by atoms with Crippen LogP contribution in [0.2, 0.25) is 0 Å². The minimum Gasteiger partial charge on any atom is -0.482 e. The van der Waals surface area contributed by atoms with Crippen LogP contribution >= 0.6 is 0 Å². The number of hydrogen-bond acceptors (Lipinski definition) is 5. The monoisotopic (exact) mass is 490 g/mol. The molecule has 1 saturated heterocycles. The Morgan fingerprint density at radius 2 is 1.69 bits per heavy atom. The lowest BCUT2D eigenvalue weighted by molar-refractivity contribution is -0.139. The Bertz CT molecular complexity index is 1130. The number of benzene rings is 3. The van der Waals surface area contributed by atoms with E-state index in [9.17, 15) is 14.0 Å². The summed E-state index contributed by atoms with van der Waals surface area (Å²) in [6.45, 7) is 2.54. The molecule has 188 valence electrons. The summed E-state index contributed by atoms with van der Waals surface area (Å²) < 4.78 is 19.5. The Balaban J connectivity index is 1.79. The van der Waals surface area contributed by atoms with E-state index in [2.05, 4.69) is 5.32 Å². The van der Waals surface area contributed by atoms with Gasteiger partial charge in [-0.05, 0) is 42.2 Å². The normalized spacial score (nSPS) is 17.0. The standard InChI is InChI=1S/C29H31FN2O4/c1-21(33)29(23-10-4-2-5-11-23,24-12-6-3-7-13-24)31-27(19-32-16-15-25(30)18-32)22-9-8-14-26(17-22)36-20-28(34)35/h2-14,17,25,27,31H,15-16,18-20H2,1H3,(H,34,35)/t25-,27-/m1/s1. The minimum absolute atomic E-state index is 0.0760. The van der Waals surface area contributed by atoms with Gasteiger partial charge in [-0.2, -0.15) is 0 Å². The highest BCUT2D eigenvalue weighted by Crippen LogP contribution is 2.35. The Morgan fingerprint density at radius 1 is 1.06 bits per heavy atom. The van der Waals surface area contributed by atoms with Gasteiger partial charge in [-0.25, -0.2) is 9.18 Å². The zero-order valence-electron chi connectivity index (χ0n) is 20.3. The molecule has 2 N–H and O–H groups in total. The molecule has 0 unspecified atom stereocenters. The second-order valence-electron chi connectivity index (χ2n) is 9.14. The molecular formula is C29H31FN2O4. The van der Waals surface area contributed by atoms with E-state index < -0.39 is 24.3 Å². The molecule has 1 aliphatic heterocycles. The van der Waals surface area contributed by atoms with E-state index in [4.69, 9.17) is 9.84 Å². The van der Waals surface area contributed by atoms with Crippen LogP contribution < -0.4 is 10.1 Å². The Hall–Kier alpha value is -3.55. The summed E-state index contributed by atoms with van der Waals surface area (Å²) >= 11 is 0. The fourth-order valence-electron chi connectivity index (χ4n) is 4.89. The summed E-state index contributed by atoms with van der Waals surface area (Å²) in [5, 5.41) is 12.7. The maximum absolute atomic E-state index is 14.1. The van der Waals surface area contributed by atoms with Gasteiger partial charge >= 0.3 is 5.97 Å². The van der Waals surface area contributed by atoms with Crippen molar-refractivity contribution in [1.82, 2.24) is 10.2 Å². The summed E-state index contributed by atoms with van der Waals surface area (Å²) in [5.74, 6) is -0.725. The van der Waals surface area contributed by atoms with E-state index >= 15 is 0 Å². The van der Waals surface area contributed by atoms with Crippen LogP contribution in [0.4, 0.5) is 4.39 Å². The molecule has 2 atom stereocenters. The third kappa shape index (κ3) is 5.80. The maximum Gasteiger partial charge on any atom is 0.341 e. The fraction of sp³-hybridized carbons (Fsp3) is 0.310. The quantitative estimate of drug-likeness (QED) is 0.416. The topological polar surface area (TPSA) is 78.9 Å². The van der Waals surface area contributed by atoms with Crippen molar-refractivity contribution in [2.24, 2.45) is 0 Å². The first-order chi connectivity index (χ1) is 17.4. The average Bonchev–Trinajstić information content (AvgIpc) is 3.30. The van der Waals surface area contributed by atoms with Crippen LogP contribution in [0.15, 0.2) is 84.9 Å². The SMILES string of the molecule is CC(=O)C(N[C@H](CN1CC[C@@H](F)C1)c1cccc(OCC(=O)O)c1)(c1ccccc1)c1ccccc1. The van der Waals surface area contributed by atoms with Crippen molar-refractivity contribution in [3.63, 3.8) is 0 Å². The summed E-state index contributed by atoms with van der Waals surface area (Å²) in [4.78, 5) is 26.6. The van der Waals surface area contributed by atoms with Crippen molar-refractivity contribution in [3.05, 3.63) is 102 Å². The lowest BCUT2D eigenvalue weighted by atomic mass is 9.78. The molecule has 1 fully saturated rings. The number of ketones is 1. The van der Waals surface area contributed by atoms with E-state index in [0.717, 1.165) is 16.7 Å². The molecule has 0 amide bonds. The van der Waals surface area contributed by atoms with Crippen LogP contribution in [0.25, 0.3) is 0 Å². The van der Waals surface area contributed by atoms with Crippen LogP contribution in [0.1, 0.15) is 36.1 Å². The van der Waals surface area contributed by atoms with Gasteiger partial charge in [0.2, 0.25) is 0 Å². The van der Waals surface area contributed by atoms with E-state index in [1.165, 1.54) is 0 Å². The second kappa shape index (κ2) is 11.5. The predicted molar refractivity (Wildman–Crippen MR) is 136 cm³/mol. The number of rotatable bonds is 11. The van der Waals surface area contributed by atoms with Crippen LogP contribution in [0.3, 0.4) is 0 Å². The lowest BCUT2D eigenvalue weighted by Gasteiger charge is -2.39. The van der Waals surface area contributed by atoms with Gasteiger partial charge in [-0.15, -0.1) is 0 Å². The highest BCUT2D eigenvalue weighted by Gasteiger charge is 2.41. The molecule has 4 rings (SSSR count). The summed E-state index contributed by atoms with van der Waals surface area (Å²) in [6.07, 6.45) is -0.402. The molecule has 0 radical (unpaired) electrons. The average molecular weight is 491 g/mol. The molecule has 0 saturated carbocycles. The third-order valence-electron chi connectivity index (χ3n) is 6.61. The number of halogens is 1. The Kier molecular flexibility index (Phi) is 8.13. The number of carbonyl (C=O) groups excluding carboxylic acids is 1. The number of alkyl halides is 1. The highest BCUT2D eigenvalue weighted by molar-refractivity contribution is 5.91. The zero-order valence-corrected chi connectivity index (χ0v) is 20.3. The molecule has 0 aliphatic carbocycles. The fourth-order valence-corrected chi connectivity index (χ4v) is 4.89. The highest BCUT2D eigenvalue weighted by atomic mass is 19.1.